The van der Waals surface area contributed by atoms with Gasteiger partial charge in [0.2, 0.25) is 11.8 Å². The molecule has 0 aromatic heterocycles. The summed E-state index contributed by atoms with van der Waals surface area (Å²) < 4.78 is 11.1. The molecule has 1 aliphatic carbocycles. The van der Waals surface area contributed by atoms with Gasteiger partial charge in [-0.25, -0.2) is 9.59 Å². The fraction of sp³-hybridized carbons (Fsp3) is 0.333. The zero-order valence-corrected chi connectivity index (χ0v) is 24.1. The third-order valence-electron chi connectivity index (χ3n) is 6.92. The van der Waals surface area contributed by atoms with Crippen LogP contribution < -0.4 is 16.4 Å². The van der Waals surface area contributed by atoms with Crippen molar-refractivity contribution in [2.45, 2.75) is 63.6 Å². The van der Waals surface area contributed by atoms with Crippen LogP contribution in [0.5, 0.6) is 0 Å². The van der Waals surface area contributed by atoms with Gasteiger partial charge in [0, 0.05) is 18.8 Å². The zero-order valence-electron chi connectivity index (χ0n) is 24.1. The van der Waals surface area contributed by atoms with Crippen molar-refractivity contribution in [3.05, 3.63) is 95.6 Å². The van der Waals surface area contributed by atoms with Crippen LogP contribution in [0.4, 0.5) is 4.79 Å². The average molecular weight is 572 g/mol. The van der Waals surface area contributed by atoms with E-state index < -0.39 is 41.6 Å². The number of nitrogens with two attached hydrogens (primary N) is 1. The second kappa shape index (κ2) is 13.3. The van der Waals surface area contributed by atoms with E-state index in [2.05, 4.69) is 10.6 Å². The van der Waals surface area contributed by atoms with Crippen LogP contribution in [0.15, 0.2) is 78.9 Å². The first-order valence-corrected chi connectivity index (χ1v) is 14.0. The summed E-state index contributed by atoms with van der Waals surface area (Å²) >= 11 is 0. The van der Waals surface area contributed by atoms with E-state index in [1.807, 2.05) is 78.9 Å². The molecule has 0 saturated carbocycles. The van der Waals surface area contributed by atoms with E-state index in [9.17, 15) is 19.2 Å². The van der Waals surface area contributed by atoms with Crippen LogP contribution in [-0.4, -0.2) is 48.2 Å². The highest BCUT2D eigenvalue weighted by Crippen LogP contribution is 2.44. The van der Waals surface area contributed by atoms with Crippen molar-refractivity contribution in [1.82, 2.24) is 10.6 Å². The first kappa shape index (κ1) is 30.3. The second-order valence-corrected chi connectivity index (χ2v) is 11.3. The molecule has 2 atom stereocenters. The number of carbonyl (C=O) groups excluding carboxylic acids is 4. The Balaban J connectivity index is 1.48. The van der Waals surface area contributed by atoms with Gasteiger partial charge in [0.25, 0.3) is 0 Å². The highest BCUT2D eigenvalue weighted by molar-refractivity contribution is 5.90. The predicted octanol–water partition coefficient (Wildman–Crippen LogP) is 4.23. The summed E-state index contributed by atoms with van der Waals surface area (Å²) in [4.78, 5) is 50.9. The summed E-state index contributed by atoms with van der Waals surface area (Å²) in [6.45, 7) is 5.19. The minimum Gasteiger partial charge on any atom is -0.458 e. The first-order chi connectivity index (χ1) is 20.0. The number of alkyl carbamates (subject to hydrolysis) is 1. The lowest BCUT2D eigenvalue weighted by Crippen LogP contribution is -2.53. The Morgan fingerprint density at radius 3 is 1.95 bits per heavy atom. The maximum atomic E-state index is 13.5. The van der Waals surface area contributed by atoms with E-state index in [1.54, 1.807) is 20.8 Å². The molecule has 4 rings (SSSR count). The molecule has 0 fully saturated rings. The lowest BCUT2D eigenvalue weighted by molar-refractivity contribution is -0.159. The lowest BCUT2D eigenvalue weighted by atomic mass is 9.98. The van der Waals surface area contributed by atoms with E-state index >= 15 is 0 Å². The lowest BCUT2D eigenvalue weighted by Gasteiger charge is -2.26. The third-order valence-corrected chi connectivity index (χ3v) is 6.92. The van der Waals surface area contributed by atoms with Crippen molar-refractivity contribution in [1.29, 1.82) is 0 Å². The number of hydrogen-bond donors (Lipinski definition) is 3. The molecule has 0 spiro atoms. The monoisotopic (exact) mass is 571 g/mol. The Morgan fingerprint density at radius 2 is 1.38 bits per heavy atom. The van der Waals surface area contributed by atoms with Crippen molar-refractivity contribution in [3.63, 3.8) is 0 Å². The summed E-state index contributed by atoms with van der Waals surface area (Å²) in [6.07, 6.45) is -0.793. The Morgan fingerprint density at radius 1 is 0.810 bits per heavy atom. The molecule has 42 heavy (non-hydrogen) atoms. The molecular formula is C33H37N3O6. The summed E-state index contributed by atoms with van der Waals surface area (Å²) in [5.41, 5.74) is 9.63. The Labute approximate surface area is 245 Å². The average Bonchev–Trinajstić information content (AvgIpc) is 3.26. The van der Waals surface area contributed by atoms with Crippen LogP contribution in [0.25, 0.3) is 11.1 Å². The minimum atomic E-state index is -1.13. The molecule has 3 aromatic rings. The molecule has 0 aliphatic heterocycles. The van der Waals surface area contributed by atoms with Crippen molar-refractivity contribution in [2.75, 3.05) is 6.61 Å². The van der Waals surface area contributed by atoms with Crippen LogP contribution in [-0.2, 0) is 30.3 Å². The fourth-order valence-electron chi connectivity index (χ4n) is 5.02. The largest absolute Gasteiger partial charge is 0.458 e. The van der Waals surface area contributed by atoms with Gasteiger partial charge in [-0.05, 0) is 55.0 Å². The van der Waals surface area contributed by atoms with Gasteiger partial charge in [-0.15, -0.1) is 0 Å². The van der Waals surface area contributed by atoms with E-state index in [1.165, 1.54) is 0 Å². The fourth-order valence-corrected chi connectivity index (χ4v) is 5.02. The predicted molar refractivity (Wildman–Crippen MR) is 158 cm³/mol. The molecule has 9 nitrogen and oxygen atoms in total. The number of hydrogen-bond acceptors (Lipinski definition) is 6. The molecule has 4 N–H and O–H groups in total. The van der Waals surface area contributed by atoms with Gasteiger partial charge in [0.05, 0.1) is 0 Å². The SMILES string of the molecule is CC(C)(C)OC(=O)[C@H](CCC(N)=O)NC(=O)[C@H](Cc1ccccc1)NC(=O)OCC1c2ccccc2-c2ccccc21. The first-order valence-electron chi connectivity index (χ1n) is 14.0. The molecule has 0 saturated heterocycles. The maximum absolute atomic E-state index is 13.5. The molecule has 9 heteroatoms. The molecule has 3 amide bonds. The highest BCUT2D eigenvalue weighted by atomic mass is 16.6. The van der Waals surface area contributed by atoms with E-state index in [0.29, 0.717) is 0 Å². The summed E-state index contributed by atoms with van der Waals surface area (Å²) in [5.74, 6) is -2.07. The van der Waals surface area contributed by atoms with E-state index in [0.717, 1.165) is 27.8 Å². The molecule has 0 unspecified atom stereocenters. The number of benzene rings is 3. The standard InChI is InChI=1S/C33H37N3O6/c1-33(2,3)42-31(39)27(17-18-29(34)37)35-30(38)28(19-21-11-5-4-6-12-21)36-32(40)41-20-26-24-15-9-7-13-22(24)23-14-8-10-16-25(23)26/h4-16,26-28H,17-20H2,1-3H3,(H2,34,37)(H,35,38)(H,36,40)/t27-,28-/m0/s1. The Kier molecular flexibility index (Phi) is 9.62. The van der Waals surface area contributed by atoms with Crippen LogP contribution in [0.1, 0.15) is 56.2 Å². The maximum Gasteiger partial charge on any atom is 0.407 e. The van der Waals surface area contributed by atoms with Gasteiger partial charge in [0.1, 0.15) is 24.3 Å². The Bertz CT molecular complexity index is 1390. The number of rotatable bonds is 11. The molecule has 3 aromatic carbocycles. The van der Waals surface area contributed by atoms with Crippen molar-refractivity contribution >= 4 is 23.9 Å². The molecule has 1 aliphatic rings. The van der Waals surface area contributed by atoms with Crippen LogP contribution >= 0.6 is 0 Å². The summed E-state index contributed by atoms with van der Waals surface area (Å²) in [6, 6.07) is 23.0. The molecule has 0 radical (unpaired) electrons. The Hall–Kier alpha value is -4.66. The highest BCUT2D eigenvalue weighted by Gasteiger charge is 2.32. The second-order valence-electron chi connectivity index (χ2n) is 11.3. The number of amides is 3. The number of carbonyl (C=O) groups is 4. The molecular weight excluding hydrogens is 534 g/mol. The number of esters is 1. The van der Waals surface area contributed by atoms with Crippen molar-refractivity contribution in [3.8, 4) is 11.1 Å². The van der Waals surface area contributed by atoms with E-state index in [4.69, 9.17) is 15.2 Å². The molecule has 220 valence electrons. The van der Waals surface area contributed by atoms with Crippen LogP contribution in [0, 0.1) is 0 Å². The van der Waals surface area contributed by atoms with Gasteiger partial charge in [-0.2, -0.15) is 0 Å². The molecule has 0 heterocycles. The topological polar surface area (TPSA) is 137 Å². The number of nitrogens with one attached hydrogen (secondary N) is 2. The van der Waals surface area contributed by atoms with Gasteiger partial charge >= 0.3 is 12.1 Å². The van der Waals surface area contributed by atoms with Gasteiger partial charge < -0.3 is 25.8 Å². The smallest absolute Gasteiger partial charge is 0.407 e. The van der Waals surface area contributed by atoms with Crippen molar-refractivity contribution in [2.24, 2.45) is 5.73 Å². The minimum absolute atomic E-state index is 0.0427. The number of fused-ring (bicyclic) bond motifs is 3. The van der Waals surface area contributed by atoms with Crippen molar-refractivity contribution < 1.29 is 28.7 Å². The number of ether oxygens (including phenoxy) is 2. The zero-order chi connectivity index (χ0) is 30.3. The third kappa shape index (κ3) is 7.96. The normalized spacial score (nSPS) is 13.7. The van der Waals surface area contributed by atoms with E-state index in [-0.39, 0.29) is 31.8 Å². The molecule has 0 bridgehead atoms. The quantitative estimate of drug-likeness (QED) is 0.295. The summed E-state index contributed by atoms with van der Waals surface area (Å²) in [5, 5.41) is 5.33. The van der Waals surface area contributed by atoms with Gasteiger partial charge in [-0.3, -0.25) is 9.59 Å². The number of primary amides is 1. The van der Waals surface area contributed by atoms with Gasteiger partial charge in [-0.1, -0.05) is 78.9 Å². The van der Waals surface area contributed by atoms with Crippen LogP contribution in [0.3, 0.4) is 0 Å². The van der Waals surface area contributed by atoms with Gasteiger partial charge in [0.15, 0.2) is 0 Å². The summed E-state index contributed by atoms with van der Waals surface area (Å²) in [7, 11) is 0. The van der Waals surface area contributed by atoms with Crippen LogP contribution in [0.2, 0.25) is 0 Å².